The zero-order valence-corrected chi connectivity index (χ0v) is 7.87. The van der Waals surface area contributed by atoms with Gasteiger partial charge in [0, 0.05) is 0 Å². The van der Waals surface area contributed by atoms with Gasteiger partial charge in [0.2, 0.25) is 0 Å². The first kappa shape index (κ1) is 8.01. The van der Waals surface area contributed by atoms with Crippen LogP contribution in [0, 0.1) is 6.92 Å². The average Bonchev–Trinajstić information content (AvgIpc) is 1.88. The highest BCUT2D eigenvalue weighted by atomic mass is 127. The molecule has 0 spiro atoms. The van der Waals surface area contributed by atoms with E-state index in [-0.39, 0.29) is 4.11 Å². The van der Waals surface area contributed by atoms with E-state index in [0.29, 0.717) is 0 Å². The maximum Gasteiger partial charge on any atom is 0.130 e. The molecule has 1 atom stereocenters. The van der Waals surface area contributed by atoms with Crippen molar-refractivity contribution in [2.75, 3.05) is 0 Å². The van der Waals surface area contributed by atoms with Crippen LogP contribution in [-0.4, -0.2) is 5.11 Å². The highest BCUT2D eigenvalue weighted by molar-refractivity contribution is 14.1. The van der Waals surface area contributed by atoms with Crippen molar-refractivity contribution in [1.82, 2.24) is 0 Å². The molecular weight excluding hydrogens is 239 g/mol. The van der Waals surface area contributed by atoms with E-state index < -0.39 is 0 Å². The first-order chi connectivity index (χ1) is 4.72. The van der Waals surface area contributed by atoms with Crippen molar-refractivity contribution in [2.24, 2.45) is 0 Å². The zero-order valence-electron chi connectivity index (χ0n) is 5.71. The monoisotopic (exact) mass is 248 g/mol. The number of aryl methyl sites for hydroxylation is 1. The number of aliphatic hydroxyl groups excluding tert-OH is 1. The van der Waals surface area contributed by atoms with Crippen LogP contribution in [0.15, 0.2) is 24.3 Å². The van der Waals surface area contributed by atoms with Crippen molar-refractivity contribution in [3.8, 4) is 0 Å². The van der Waals surface area contributed by atoms with Gasteiger partial charge in [0.1, 0.15) is 4.11 Å². The fraction of sp³-hybridized carbons (Fsp3) is 0.250. The molecule has 0 saturated heterocycles. The van der Waals surface area contributed by atoms with Crippen molar-refractivity contribution >= 4 is 22.6 Å². The summed E-state index contributed by atoms with van der Waals surface area (Å²) in [5.41, 5.74) is 2.15. The fourth-order valence-electron chi connectivity index (χ4n) is 0.854. The van der Waals surface area contributed by atoms with Gasteiger partial charge in [0.15, 0.2) is 0 Å². The molecule has 0 fully saturated rings. The van der Waals surface area contributed by atoms with E-state index in [0.717, 1.165) is 11.1 Å². The van der Waals surface area contributed by atoms with Gasteiger partial charge < -0.3 is 5.11 Å². The van der Waals surface area contributed by atoms with Crippen molar-refractivity contribution in [3.63, 3.8) is 0 Å². The summed E-state index contributed by atoms with van der Waals surface area (Å²) in [5, 5.41) is 9.19. The second-order valence-corrected chi connectivity index (χ2v) is 3.37. The lowest BCUT2D eigenvalue weighted by Crippen LogP contribution is -1.89. The topological polar surface area (TPSA) is 20.2 Å². The Morgan fingerprint density at radius 1 is 1.40 bits per heavy atom. The number of hydrogen-bond donors (Lipinski definition) is 1. The molecule has 0 saturated carbocycles. The SMILES string of the molecule is Cc1ccccc1C(O)I. The van der Waals surface area contributed by atoms with Crippen LogP contribution in [0.4, 0.5) is 0 Å². The minimum absolute atomic E-state index is 0.376. The average molecular weight is 248 g/mol. The molecule has 54 valence electrons. The molecule has 1 N–H and O–H groups in total. The minimum Gasteiger partial charge on any atom is -0.378 e. The first-order valence-corrected chi connectivity index (χ1v) is 4.34. The number of aliphatic hydroxyl groups is 1. The van der Waals surface area contributed by atoms with Crippen LogP contribution in [0.5, 0.6) is 0 Å². The summed E-state index contributed by atoms with van der Waals surface area (Å²) in [6.07, 6.45) is 0. The van der Waals surface area contributed by atoms with E-state index in [2.05, 4.69) is 0 Å². The molecule has 2 heteroatoms. The molecule has 0 heterocycles. The Labute approximate surface area is 74.2 Å². The lowest BCUT2D eigenvalue weighted by Gasteiger charge is -2.05. The lowest BCUT2D eigenvalue weighted by atomic mass is 10.1. The zero-order chi connectivity index (χ0) is 7.56. The molecule has 1 unspecified atom stereocenters. The van der Waals surface area contributed by atoms with E-state index >= 15 is 0 Å². The molecule has 0 amide bonds. The highest BCUT2D eigenvalue weighted by Gasteiger charge is 2.02. The van der Waals surface area contributed by atoms with Gasteiger partial charge in [-0.05, 0) is 40.6 Å². The highest BCUT2D eigenvalue weighted by Crippen LogP contribution is 2.22. The number of hydrogen-bond acceptors (Lipinski definition) is 1. The third kappa shape index (κ3) is 1.70. The normalized spacial score (nSPS) is 13.1. The first-order valence-electron chi connectivity index (χ1n) is 3.09. The number of halogens is 1. The van der Waals surface area contributed by atoms with Gasteiger partial charge in [0.05, 0.1) is 0 Å². The molecule has 0 bridgehead atoms. The smallest absolute Gasteiger partial charge is 0.130 e. The van der Waals surface area contributed by atoms with Crippen LogP contribution in [0.2, 0.25) is 0 Å². The van der Waals surface area contributed by atoms with E-state index in [1.165, 1.54) is 0 Å². The lowest BCUT2D eigenvalue weighted by molar-refractivity contribution is 0.286. The largest absolute Gasteiger partial charge is 0.378 e. The third-order valence-electron chi connectivity index (χ3n) is 1.45. The molecule has 10 heavy (non-hydrogen) atoms. The number of alkyl halides is 1. The quantitative estimate of drug-likeness (QED) is 0.597. The summed E-state index contributed by atoms with van der Waals surface area (Å²) >= 11 is 1.99. The Balaban J connectivity index is 3.03. The van der Waals surface area contributed by atoms with E-state index in [1.807, 2.05) is 53.8 Å². The standard InChI is InChI=1S/C8H9IO/c1-6-4-2-3-5-7(6)8(9)10/h2-5,8,10H,1H3. The number of benzene rings is 1. The molecule has 0 aromatic heterocycles. The van der Waals surface area contributed by atoms with E-state index in [4.69, 9.17) is 0 Å². The Morgan fingerprint density at radius 2 is 2.00 bits per heavy atom. The summed E-state index contributed by atoms with van der Waals surface area (Å²) in [4.78, 5) is 0. The van der Waals surface area contributed by atoms with E-state index in [9.17, 15) is 5.11 Å². The Bertz CT molecular complexity index is 220. The van der Waals surface area contributed by atoms with Gasteiger partial charge in [-0.2, -0.15) is 0 Å². The van der Waals surface area contributed by atoms with Gasteiger partial charge in [-0.25, -0.2) is 0 Å². The summed E-state index contributed by atoms with van der Waals surface area (Å²) in [7, 11) is 0. The van der Waals surface area contributed by atoms with Gasteiger partial charge in [-0.1, -0.05) is 24.3 Å². The predicted molar refractivity (Wildman–Crippen MR) is 50.2 cm³/mol. The van der Waals surface area contributed by atoms with Gasteiger partial charge in [0.25, 0.3) is 0 Å². The van der Waals surface area contributed by atoms with Gasteiger partial charge in [-0.15, -0.1) is 0 Å². The van der Waals surface area contributed by atoms with Crippen LogP contribution in [0.1, 0.15) is 15.2 Å². The summed E-state index contributed by atoms with van der Waals surface area (Å²) in [6.45, 7) is 2.00. The van der Waals surface area contributed by atoms with Crippen molar-refractivity contribution in [2.45, 2.75) is 11.0 Å². The Morgan fingerprint density at radius 3 is 2.40 bits per heavy atom. The van der Waals surface area contributed by atoms with Crippen molar-refractivity contribution in [1.29, 1.82) is 0 Å². The van der Waals surface area contributed by atoms with E-state index in [1.54, 1.807) is 0 Å². The fourth-order valence-corrected chi connectivity index (χ4v) is 1.55. The molecule has 1 aromatic rings. The molecule has 0 aliphatic heterocycles. The van der Waals surface area contributed by atoms with Crippen molar-refractivity contribution in [3.05, 3.63) is 35.4 Å². The van der Waals surface area contributed by atoms with Crippen LogP contribution < -0.4 is 0 Å². The maximum atomic E-state index is 9.19. The molecule has 0 aliphatic rings. The third-order valence-corrected chi connectivity index (χ3v) is 2.12. The minimum atomic E-state index is -0.376. The maximum absolute atomic E-state index is 9.19. The predicted octanol–water partition coefficient (Wildman–Crippen LogP) is 2.42. The van der Waals surface area contributed by atoms with Crippen LogP contribution in [-0.2, 0) is 0 Å². The molecule has 1 nitrogen and oxygen atoms in total. The molecule has 1 aromatic carbocycles. The summed E-state index contributed by atoms with van der Waals surface area (Å²) in [5.74, 6) is 0. The number of rotatable bonds is 1. The van der Waals surface area contributed by atoms with Gasteiger partial charge >= 0.3 is 0 Å². The van der Waals surface area contributed by atoms with Crippen LogP contribution in [0.3, 0.4) is 0 Å². The molecule has 0 aliphatic carbocycles. The van der Waals surface area contributed by atoms with Crippen molar-refractivity contribution < 1.29 is 5.11 Å². The van der Waals surface area contributed by atoms with Gasteiger partial charge in [-0.3, -0.25) is 0 Å². The Kier molecular flexibility index (Phi) is 2.68. The Hall–Kier alpha value is -0.0900. The molecule has 0 radical (unpaired) electrons. The summed E-state index contributed by atoms with van der Waals surface area (Å²) in [6, 6.07) is 7.84. The molecular formula is C8H9IO. The molecule has 1 rings (SSSR count). The second kappa shape index (κ2) is 3.34. The second-order valence-electron chi connectivity index (χ2n) is 2.19. The van der Waals surface area contributed by atoms with Crippen LogP contribution >= 0.6 is 22.6 Å². The van der Waals surface area contributed by atoms with Crippen LogP contribution in [0.25, 0.3) is 0 Å². The summed E-state index contributed by atoms with van der Waals surface area (Å²) < 4.78 is -0.376.